The summed E-state index contributed by atoms with van der Waals surface area (Å²) in [6.45, 7) is 1.55. The zero-order valence-corrected chi connectivity index (χ0v) is 13.8. The lowest BCUT2D eigenvalue weighted by atomic mass is 9.91. The van der Waals surface area contributed by atoms with Crippen LogP contribution in [0.4, 0.5) is 10.1 Å². The van der Waals surface area contributed by atoms with Crippen molar-refractivity contribution in [2.45, 2.75) is 12.5 Å². The SMILES string of the molecule is CCOC(=O)C1(c2ccc([N+](=O)[O-])c(F)c2)COC(c2ccccc2)=N1. The quantitative estimate of drug-likeness (QED) is 0.465. The summed E-state index contributed by atoms with van der Waals surface area (Å²) >= 11 is 0. The third-order valence-electron chi connectivity index (χ3n) is 3.97. The summed E-state index contributed by atoms with van der Waals surface area (Å²) in [6.07, 6.45) is 0. The van der Waals surface area contributed by atoms with Crippen molar-refractivity contribution in [3.8, 4) is 0 Å². The third kappa shape index (κ3) is 3.01. The van der Waals surface area contributed by atoms with Gasteiger partial charge in [-0.2, -0.15) is 4.39 Å². The Kier molecular flexibility index (Phi) is 4.66. The van der Waals surface area contributed by atoms with Crippen LogP contribution in [0.3, 0.4) is 0 Å². The molecule has 3 rings (SSSR count). The second-order valence-corrected chi connectivity index (χ2v) is 5.58. The molecule has 7 nitrogen and oxygen atoms in total. The Bertz CT molecular complexity index is 884. The maximum Gasteiger partial charge on any atom is 0.342 e. The summed E-state index contributed by atoms with van der Waals surface area (Å²) in [4.78, 5) is 27.0. The van der Waals surface area contributed by atoms with Gasteiger partial charge in [0, 0.05) is 11.6 Å². The maximum absolute atomic E-state index is 14.1. The van der Waals surface area contributed by atoms with Crippen LogP contribution in [-0.4, -0.2) is 30.0 Å². The van der Waals surface area contributed by atoms with Gasteiger partial charge >= 0.3 is 11.7 Å². The van der Waals surface area contributed by atoms with Crippen LogP contribution in [0, 0.1) is 15.9 Å². The maximum atomic E-state index is 14.1. The second-order valence-electron chi connectivity index (χ2n) is 5.58. The van der Waals surface area contributed by atoms with Crippen LogP contribution < -0.4 is 0 Å². The predicted molar refractivity (Wildman–Crippen MR) is 90.3 cm³/mol. The first-order valence-electron chi connectivity index (χ1n) is 7.87. The van der Waals surface area contributed by atoms with Crippen LogP contribution in [0.15, 0.2) is 53.5 Å². The molecule has 1 heterocycles. The summed E-state index contributed by atoms with van der Waals surface area (Å²) in [5.41, 5.74) is -1.51. The van der Waals surface area contributed by atoms with E-state index in [1.807, 2.05) is 6.07 Å². The third-order valence-corrected chi connectivity index (χ3v) is 3.97. The van der Waals surface area contributed by atoms with Crippen molar-refractivity contribution < 1.29 is 23.6 Å². The molecule has 1 aliphatic heterocycles. The van der Waals surface area contributed by atoms with Crippen molar-refractivity contribution in [3.05, 3.63) is 75.6 Å². The Labute approximate surface area is 148 Å². The molecule has 0 spiro atoms. The van der Waals surface area contributed by atoms with E-state index in [4.69, 9.17) is 9.47 Å². The number of carbonyl (C=O) groups is 1. The monoisotopic (exact) mass is 358 g/mol. The Hall–Kier alpha value is -3.29. The fraction of sp³-hybridized carbons (Fsp3) is 0.222. The second kappa shape index (κ2) is 6.91. The zero-order chi connectivity index (χ0) is 18.7. The molecular formula is C18H15FN2O5. The first-order chi connectivity index (χ1) is 12.5. The highest BCUT2D eigenvalue weighted by Gasteiger charge is 2.48. The van der Waals surface area contributed by atoms with Crippen LogP contribution in [0.5, 0.6) is 0 Å². The lowest BCUT2D eigenvalue weighted by molar-refractivity contribution is -0.387. The summed E-state index contributed by atoms with van der Waals surface area (Å²) in [6, 6.07) is 12.1. The lowest BCUT2D eigenvalue weighted by Gasteiger charge is -2.22. The first-order valence-corrected chi connectivity index (χ1v) is 7.87. The van der Waals surface area contributed by atoms with E-state index in [0.29, 0.717) is 5.56 Å². The first kappa shape index (κ1) is 17.5. The molecule has 0 fully saturated rings. The van der Waals surface area contributed by atoms with E-state index in [0.717, 1.165) is 12.1 Å². The molecule has 1 unspecified atom stereocenters. The number of rotatable bonds is 5. The van der Waals surface area contributed by atoms with E-state index in [2.05, 4.69) is 4.99 Å². The number of hydrogen-bond acceptors (Lipinski definition) is 6. The molecule has 0 radical (unpaired) electrons. The summed E-state index contributed by atoms with van der Waals surface area (Å²) in [5, 5.41) is 10.8. The van der Waals surface area contributed by atoms with Crippen LogP contribution in [0.2, 0.25) is 0 Å². The fourth-order valence-electron chi connectivity index (χ4n) is 2.67. The average Bonchev–Trinajstić information content (AvgIpc) is 3.09. The van der Waals surface area contributed by atoms with E-state index < -0.39 is 27.9 Å². The van der Waals surface area contributed by atoms with E-state index in [1.54, 1.807) is 31.2 Å². The summed E-state index contributed by atoms with van der Waals surface area (Å²) in [7, 11) is 0. The van der Waals surface area contributed by atoms with Crippen LogP contribution in [-0.2, 0) is 19.8 Å². The number of hydrogen-bond donors (Lipinski definition) is 0. The number of carbonyl (C=O) groups excluding carboxylic acids is 1. The number of halogens is 1. The molecule has 0 aromatic heterocycles. The minimum Gasteiger partial charge on any atom is -0.474 e. The molecule has 0 saturated heterocycles. The molecule has 2 aromatic carbocycles. The molecule has 0 saturated carbocycles. The van der Waals surface area contributed by atoms with Gasteiger partial charge in [0.1, 0.15) is 6.61 Å². The minimum absolute atomic E-state index is 0.103. The minimum atomic E-state index is -1.61. The molecule has 0 N–H and O–H groups in total. The highest BCUT2D eigenvalue weighted by Crippen LogP contribution is 2.35. The number of nitro benzene ring substituents is 1. The number of benzene rings is 2. The van der Waals surface area contributed by atoms with Gasteiger partial charge < -0.3 is 9.47 Å². The number of nitro groups is 1. The molecule has 1 aliphatic rings. The highest BCUT2D eigenvalue weighted by atomic mass is 19.1. The Morgan fingerprint density at radius 1 is 1.35 bits per heavy atom. The van der Waals surface area contributed by atoms with Crippen LogP contribution in [0.25, 0.3) is 0 Å². The van der Waals surface area contributed by atoms with Crippen molar-refractivity contribution in [1.82, 2.24) is 0 Å². The average molecular weight is 358 g/mol. The van der Waals surface area contributed by atoms with E-state index >= 15 is 0 Å². The van der Waals surface area contributed by atoms with Crippen molar-refractivity contribution in [3.63, 3.8) is 0 Å². The number of aliphatic imine (C=N–C) groups is 1. The molecule has 0 aliphatic carbocycles. The number of ether oxygens (including phenoxy) is 2. The number of esters is 1. The largest absolute Gasteiger partial charge is 0.474 e. The van der Waals surface area contributed by atoms with Crippen molar-refractivity contribution in [1.29, 1.82) is 0 Å². The van der Waals surface area contributed by atoms with E-state index in [-0.39, 0.29) is 24.7 Å². The molecule has 2 aromatic rings. The summed E-state index contributed by atoms with van der Waals surface area (Å²) < 4.78 is 24.8. The van der Waals surface area contributed by atoms with Gasteiger partial charge in [-0.1, -0.05) is 18.2 Å². The van der Waals surface area contributed by atoms with Gasteiger partial charge in [-0.15, -0.1) is 0 Å². The molecular weight excluding hydrogens is 343 g/mol. The summed E-state index contributed by atoms with van der Waals surface area (Å²) in [5.74, 6) is -1.55. The van der Waals surface area contributed by atoms with Crippen molar-refractivity contribution in [2.75, 3.05) is 13.2 Å². The van der Waals surface area contributed by atoms with Gasteiger partial charge in [0.2, 0.25) is 17.3 Å². The van der Waals surface area contributed by atoms with Crippen LogP contribution in [0.1, 0.15) is 18.1 Å². The van der Waals surface area contributed by atoms with Gasteiger partial charge in [0.15, 0.2) is 0 Å². The van der Waals surface area contributed by atoms with Gasteiger partial charge in [0.25, 0.3) is 0 Å². The van der Waals surface area contributed by atoms with Gasteiger partial charge in [-0.25, -0.2) is 9.79 Å². The fourth-order valence-corrected chi connectivity index (χ4v) is 2.67. The smallest absolute Gasteiger partial charge is 0.342 e. The number of nitrogens with zero attached hydrogens (tertiary/aromatic N) is 2. The van der Waals surface area contributed by atoms with Crippen molar-refractivity contribution in [2.24, 2.45) is 4.99 Å². The van der Waals surface area contributed by atoms with E-state index in [1.165, 1.54) is 6.07 Å². The zero-order valence-electron chi connectivity index (χ0n) is 13.8. The Morgan fingerprint density at radius 3 is 2.69 bits per heavy atom. The Balaban J connectivity index is 2.10. The molecule has 0 bridgehead atoms. The Morgan fingerprint density at radius 2 is 2.08 bits per heavy atom. The molecule has 134 valence electrons. The van der Waals surface area contributed by atoms with Gasteiger partial charge in [0.05, 0.1) is 11.5 Å². The highest BCUT2D eigenvalue weighted by molar-refractivity contribution is 5.99. The predicted octanol–water partition coefficient (Wildman–Crippen LogP) is 2.97. The standard InChI is InChI=1S/C18H15FN2O5/c1-2-25-17(22)18(13-8-9-15(21(23)24)14(19)10-13)11-26-16(20-18)12-6-4-3-5-7-12/h3-10H,2,11H2,1H3. The molecule has 0 amide bonds. The van der Waals surface area contributed by atoms with E-state index in [9.17, 15) is 19.3 Å². The van der Waals surface area contributed by atoms with Crippen molar-refractivity contribution >= 4 is 17.6 Å². The molecule has 26 heavy (non-hydrogen) atoms. The topological polar surface area (TPSA) is 91.0 Å². The molecule has 1 atom stereocenters. The van der Waals surface area contributed by atoms with Gasteiger partial charge in [-0.3, -0.25) is 10.1 Å². The van der Waals surface area contributed by atoms with Gasteiger partial charge in [-0.05, 0) is 36.8 Å². The lowest BCUT2D eigenvalue weighted by Crippen LogP contribution is -2.37. The molecule has 8 heteroatoms. The van der Waals surface area contributed by atoms with Crippen LogP contribution >= 0.6 is 0 Å². The normalized spacial score (nSPS) is 18.8.